The number of thioether (sulfide) groups is 1. The quantitative estimate of drug-likeness (QED) is 0.725. The standard InChI is InChI=1S/C9H19N3S/c1-3-5-12-8(4-6-13-2)7-11-9(12)10/h8H,3-7H2,1-2H3,(H2,10,11). The van der Waals surface area contributed by atoms with Crippen molar-refractivity contribution in [2.45, 2.75) is 25.8 Å². The van der Waals surface area contributed by atoms with Crippen molar-refractivity contribution < 1.29 is 0 Å². The Balaban J connectivity index is 2.38. The lowest BCUT2D eigenvalue weighted by atomic mass is 10.2. The second-order valence-electron chi connectivity index (χ2n) is 3.33. The summed E-state index contributed by atoms with van der Waals surface area (Å²) < 4.78 is 0. The van der Waals surface area contributed by atoms with Crippen molar-refractivity contribution in [3.63, 3.8) is 0 Å². The van der Waals surface area contributed by atoms with E-state index in [2.05, 4.69) is 23.1 Å². The lowest BCUT2D eigenvalue weighted by molar-refractivity contribution is 0.334. The van der Waals surface area contributed by atoms with E-state index in [0.29, 0.717) is 6.04 Å². The lowest BCUT2D eigenvalue weighted by Crippen LogP contribution is -2.41. The molecule has 1 aliphatic heterocycles. The van der Waals surface area contributed by atoms with E-state index in [4.69, 9.17) is 5.73 Å². The van der Waals surface area contributed by atoms with Crippen LogP contribution in [0.4, 0.5) is 0 Å². The molecule has 0 bridgehead atoms. The molecule has 0 spiro atoms. The molecule has 0 fully saturated rings. The van der Waals surface area contributed by atoms with Gasteiger partial charge in [0.25, 0.3) is 0 Å². The highest BCUT2D eigenvalue weighted by Crippen LogP contribution is 2.14. The number of aliphatic imine (C=N–C) groups is 1. The van der Waals surface area contributed by atoms with Crippen LogP contribution in [0.5, 0.6) is 0 Å². The van der Waals surface area contributed by atoms with Gasteiger partial charge in [0.1, 0.15) is 0 Å². The first kappa shape index (κ1) is 10.7. The third kappa shape index (κ3) is 2.79. The van der Waals surface area contributed by atoms with Gasteiger partial charge in [0.2, 0.25) is 0 Å². The number of rotatable bonds is 5. The van der Waals surface area contributed by atoms with Crippen LogP contribution in [0.25, 0.3) is 0 Å². The fraction of sp³-hybridized carbons (Fsp3) is 0.889. The Morgan fingerprint density at radius 3 is 3.08 bits per heavy atom. The largest absolute Gasteiger partial charge is 0.370 e. The summed E-state index contributed by atoms with van der Waals surface area (Å²) in [4.78, 5) is 6.53. The van der Waals surface area contributed by atoms with E-state index in [-0.39, 0.29) is 0 Å². The molecular formula is C9H19N3S. The second-order valence-corrected chi connectivity index (χ2v) is 4.31. The monoisotopic (exact) mass is 201 g/mol. The predicted molar refractivity (Wildman–Crippen MR) is 60.3 cm³/mol. The van der Waals surface area contributed by atoms with Crippen LogP contribution in [0, 0.1) is 0 Å². The molecule has 0 aromatic carbocycles. The van der Waals surface area contributed by atoms with Gasteiger partial charge in [0.15, 0.2) is 5.96 Å². The van der Waals surface area contributed by atoms with Crippen LogP contribution >= 0.6 is 11.8 Å². The third-order valence-corrected chi connectivity index (χ3v) is 2.96. The number of nitrogens with zero attached hydrogens (tertiary/aromatic N) is 2. The first-order valence-corrected chi connectivity index (χ1v) is 6.24. The van der Waals surface area contributed by atoms with Crippen molar-refractivity contribution >= 4 is 17.7 Å². The summed E-state index contributed by atoms with van der Waals surface area (Å²) in [6.07, 6.45) is 4.49. The highest BCUT2D eigenvalue weighted by Gasteiger charge is 2.24. The zero-order valence-electron chi connectivity index (χ0n) is 8.49. The van der Waals surface area contributed by atoms with E-state index in [1.807, 2.05) is 11.8 Å². The molecule has 76 valence electrons. The van der Waals surface area contributed by atoms with Gasteiger partial charge in [-0.05, 0) is 24.9 Å². The fourth-order valence-electron chi connectivity index (χ4n) is 1.61. The molecule has 1 atom stereocenters. The van der Waals surface area contributed by atoms with Crippen molar-refractivity contribution in [2.75, 3.05) is 25.1 Å². The Hall–Kier alpha value is -0.380. The lowest BCUT2D eigenvalue weighted by Gasteiger charge is -2.25. The molecule has 0 aromatic heterocycles. The molecule has 0 amide bonds. The molecule has 13 heavy (non-hydrogen) atoms. The molecule has 0 aromatic rings. The van der Waals surface area contributed by atoms with E-state index in [0.717, 1.165) is 25.5 Å². The third-order valence-electron chi connectivity index (χ3n) is 2.32. The maximum Gasteiger partial charge on any atom is 0.191 e. The predicted octanol–water partition coefficient (Wildman–Crippen LogP) is 1.15. The van der Waals surface area contributed by atoms with Gasteiger partial charge in [-0.15, -0.1) is 0 Å². The molecule has 0 saturated heterocycles. The SMILES string of the molecule is CCCN1C(N)=NCC1CCSC. The van der Waals surface area contributed by atoms with Gasteiger partial charge < -0.3 is 10.6 Å². The second kappa shape index (κ2) is 5.37. The van der Waals surface area contributed by atoms with Gasteiger partial charge in [-0.2, -0.15) is 11.8 Å². The minimum Gasteiger partial charge on any atom is -0.370 e. The molecule has 2 N–H and O–H groups in total. The van der Waals surface area contributed by atoms with Gasteiger partial charge in [0.05, 0.1) is 12.6 Å². The number of hydrogen-bond donors (Lipinski definition) is 1. The van der Waals surface area contributed by atoms with E-state index in [1.165, 1.54) is 12.2 Å². The Morgan fingerprint density at radius 1 is 1.69 bits per heavy atom. The molecule has 1 rings (SSSR count). The summed E-state index contributed by atoms with van der Waals surface area (Å²) in [5.74, 6) is 1.95. The van der Waals surface area contributed by atoms with Crippen LogP contribution < -0.4 is 5.73 Å². The summed E-state index contributed by atoms with van der Waals surface area (Å²) in [5.41, 5.74) is 5.80. The Labute approximate surface area is 84.8 Å². The topological polar surface area (TPSA) is 41.6 Å². The number of hydrogen-bond acceptors (Lipinski definition) is 4. The zero-order chi connectivity index (χ0) is 9.68. The molecule has 1 unspecified atom stereocenters. The molecule has 4 heteroatoms. The minimum absolute atomic E-state index is 0.562. The van der Waals surface area contributed by atoms with Crippen molar-refractivity contribution in [3.8, 4) is 0 Å². The van der Waals surface area contributed by atoms with Gasteiger partial charge in [-0.3, -0.25) is 4.99 Å². The van der Waals surface area contributed by atoms with E-state index in [9.17, 15) is 0 Å². The van der Waals surface area contributed by atoms with E-state index in [1.54, 1.807) is 0 Å². The number of guanidine groups is 1. The zero-order valence-corrected chi connectivity index (χ0v) is 9.31. The molecule has 0 aliphatic carbocycles. The fourth-order valence-corrected chi connectivity index (χ4v) is 2.12. The molecule has 0 saturated carbocycles. The van der Waals surface area contributed by atoms with Crippen molar-refractivity contribution in [2.24, 2.45) is 10.7 Å². The van der Waals surface area contributed by atoms with Crippen LogP contribution in [0.2, 0.25) is 0 Å². The van der Waals surface area contributed by atoms with Crippen molar-refractivity contribution in [3.05, 3.63) is 0 Å². The van der Waals surface area contributed by atoms with E-state index < -0.39 is 0 Å². The summed E-state index contributed by atoms with van der Waals surface area (Å²) in [6.45, 7) is 4.12. The maximum absolute atomic E-state index is 5.80. The average molecular weight is 201 g/mol. The highest BCUT2D eigenvalue weighted by molar-refractivity contribution is 7.98. The minimum atomic E-state index is 0.562. The molecule has 0 radical (unpaired) electrons. The van der Waals surface area contributed by atoms with Gasteiger partial charge >= 0.3 is 0 Å². The number of nitrogens with two attached hydrogens (primary N) is 1. The Bertz CT molecular complexity index is 182. The van der Waals surface area contributed by atoms with Crippen LogP contribution in [0.3, 0.4) is 0 Å². The van der Waals surface area contributed by atoms with Gasteiger partial charge in [-0.1, -0.05) is 6.92 Å². The van der Waals surface area contributed by atoms with Crippen molar-refractivity contribution in [1.82, 2.24) is 4.90 Å². The summed E-state index contributed by atoms with van der Waals surface area (Å²) in [7, 11) is 0. The first-order valence-electron chi connectivity index (χ1n) is 4.85. The van der Waals surface area contributed by atoms with E-state index >= 15 is 0 Å². The normalized spacial score (nSPS) is 22.2. The smallest absolute Gasteiger partial charge is 0.191 e. The van der Waals surface area contributed by atoms with Crippen molar-refractivity contribution in [1.29, 1.82) is 0 Å². The summed E-state index contributed by atoms with van der Waals surface area (Å²) in [6, 6.07) is 0.562. The highest BCUT2D eigenvalue weighted by atomic mass is 32.2. The molecular weight excluding hydrogens is 182 g/mol. The average Bonchev–Trinajstić information content (AvgIpc) is 2.46. The maximum atomic E-state index is 5.80. The molecule has 1 aliphatic rings. The van der Waals surface area contributed by atoms with Crippen LogP contribution in [0.15, 0.2) is 4.99 Å². The first-order chi connectivity index (χ1) is 6.29. The molecule has 1 heterocycles. The summed E-state index contributed by atoms with van der Waals surface area (Å²) >= 11 is 1.89. The van der Waals surface area contributed by atoms with Crippen LogP contribution in [0.1, 0.15) is 19.8 Å². The van der Waals surface area contributed by atoms with Gasteiger partial charge in [0, 0.05) is 6.54 Å². The Kier molecular flexibility index (Phi) is 4.42. The van der Waals surface area contributed by atoms with Crippen LogP contribution in [-0.2, 0) is 0 Å². The molecule has 3 nitrogen and oxygen atoms in total. The Morgan fingerprint density at radius 2 is 2.46 bits per heavy atom. The van der Waals surface area contributed by atoms with Gasteiger partial charge in [-0.25, -0.2) is 0 Å². The van der Waals surface area contributed by atoms with Crippen LogP contribution in [-0.4, -0.2) is 42.0 Å². The summed E-state index contributed by atoms with van der Waals surface area (Å²) in [5, 5.41) is 0.